The summed E-state index contributed by atoms with van der Waals surface area (Å²) in [7, 11) is 0. The molecule has 0 saturated carbocycles. The zero-order valence-electron chi connectivity index (χ0n) is 10.6. The second-order valence-electron chi connectivity index (χ2n) is 5.12. The Morgan fingerprint density at radius 1 is 1.16 bits per heavy atom. The zero-order chi connectivity index (χ0) is 12.7. The largest absolute Gasteiger partial charge is 0.343 e. The van der Waals surface area contributed by atoms with Gasteiger partial charge in [-0.3, -0.25) is 0 Å². The number of fused-ring (bicyclic) bond motifs is 4. The highest BCUT2D eigenvalue weighted by molar-refractivity contribution is 7.18. The molecule has 3 saturated heterocycles. The minimum Gasteiger partial charge on any atom is -0.343 e. The molecule has 0 atom stereocenters. The number of nitrogens with one attached hydrogen (secondary N) is 1. The Bertz CT molecular complexity index is 542. The van der Waals surface area contributed by atoms with E-state index in [2.05, 4.69) is 30.0 Å². The molecule has 0 aromatic carbocycles. The van der Waals surface area contributed by atoms with Crippen LogP contribution in [0.2, 0.25) is 0 Å². The Morgan fingerprint density at radius 2 is 2.05 bits per heavy atom. The van der Waals surface area contributed by atoms with E-state index < -0.39 is 0 Å². The molecule has 6 nitrogen and oxygen atoms in total. The van der Waals surface area contributed by atoms with Gasteiger partial charge in [-0.1, -0.05) is 11.3 Å². The van der Waals surface area contributed by atoms with E-state index in [9.17, 15) is 0 Å². The Kier molecular flexibility index (Phi) is 2.73. The van der Waals surface area contributed by atoms with Gasteiger partial charge in [-0.15, -0.1) is 10.2 Å². The molecule has 0 unspecified atom stereocenters. The monoisotopic (exact) mass is 276 g/mol. The summed E-state index contributed by atoms with van der Waals surface area (Å²) in [4.78, 5) is 12.1. The Hall–Kier alpha value is -1.47. The third-order valence-electron chi connectivity index (χ3n) is 4.04. The second kappa shape index (κ2) is 4.57. The van der Waals surface area contributed by atoms with Crippen molar-refractivity contribution in [2.24, 2.45) is 0 Å². The number of H-pyrrole nitrogens is 1. The average molecular weight is 276 g/mol. The van der Waals surface area contributed by atoms with Crippen molar-refractivity contribution in [1.82, 2.24) is 25.1 Å². The first-order chi connectivity index (χ1) is 9.40. The normalized spacial score (nSPS) is 26.6. The lowest BCUT2D eigenvalue weighted by atomic mass is 10.1. The van der Waals surface area contributed by atoms with Crippen molar-refractivity contribution in [1.29, 1.82) is 0 Å². The molecule has 3 fully saturated rings. The smallest absolute Gasteiger partial charge is 0.208 e. The second-order valence-corrected chi connectivity index (χ2v) is 6.08. The molecule has 19 heavy (non-hydrogen) atoms. The van der Waals surface area contributed by atoms with E-state index >= 15 is 0 Å². The van der Waals surface area contributed by atoms with Gasteiger partial charge in [-0.25, -0.2) is 4.98 Å². The SMILES string of the molecule is c1ncc(-c2nnc(N3CCN4CCC3CC4)s2)[nH]1. The van der Waals surface area contributed by atoms with Crippen molar-refractivity contribution < 1.29 is 0 Å². The molecule has 2 aromatic heterocycles. The highest BCUT2D eigenvalue weighted by Crippen LogP contribution is 2.32. The fraction of sp³-hybridized carbons (Fsp3) is 0.583. The first-order valence-electron chi connectivity index (χ1n) is 6.71. The van der Waals surface area contributed by atoms with Gasteiger partial charge in [0, 0.05) is 32.2 Å². The number of nitrogens with zero attached hydrogens (tertiary/aromatic N) is 5. The maximum Gasteiger partial charge on any atom is 0.208 e. The van der Waals surface area contributed by atoms with Gasteiger partial charge in [-0.05, 0) is 12.8 Å². The van der Waals surface area contributed by atoms with Gasteiger partial charge in [-0.2, -0.15) is 0 Å². The van der Waals surface area contributed by atoms with Gasteiger partial charge in [0.2, 0.25) is 5.13 Å². The van der Waals surface area contributed by atoms with Gasteiger partial charge in [0.25, 0.3) is 0 Å². The number of hydrogen-bond donors (Lipinski definition) is 1. The first-order valence-corrected chi connectivity index (χ1v) is 7.53. The molecule has 0 amide bonds. The minimum atomic E-state index is 0.640. The van der Waals surface area contributed by atoms with E-state index in [1.165, 1.54) is 25.9 Å². The molecule has 3 aliphatic heterocycles. The number of anilines is 1. The molecule has 1 N–H and O–H groups in total. The number of hydrogen-bond acceptors (Lipinski definition) is 6. The molecule has 7 heteroatoms. The van der Waals surface area contributed by atoms with Crippen molar-refractivity contribution in [3.63, 3.8) is 0 Å². The Balaban J connectivity index is 1.62. The predicted molar refractivity (Wildman–Crippen MR) is 74.3 cm³/mol. The molecule has 0 spiro atoms. The third-order valence-corrected chi connectivity index (χ3v) is 5.04. The van der Waals surface area contributed by atoms with Crippen molar-refractivity contribution >= 4 is 16.5 Å². The fourth-order valence-corrected chi connectivity index (χ4v) is 3.87. The lowest BCUT2D eigenvalue weighted by Crippen LogP contribution is -2.37. The lowest BCUT2D eigenvalue weighted by molar-refractivity contribution is 0.250. The highest BCUT2D eigenvalue weighted by atomic mass is 32.1. The van der Waals surface area contributed by atoms with Crippen LogP contribution in [0.1, 0.15) is 12.8 Å². The van der Waals surface area contributed by atoms with Crippen molar-refractivity contribution in [2.75, 3.05) is 31.1 Å². The molecule has 2 bridgehead atoms. The Morgan fingerprint density at radius 3 is 2.84 bits per heavy atom. The number of aromatic amines is 1. The zero-order valence-corrected chi connectivity index (χ0v) is 11.4. The molecular weight excluding hydrogens is 260 g/mol. The van der Waals surface area contributed by atoms with Crippen LogP contribution in [0.3, 0.4) is 0 Å². The summed E-state index contributed by atoms with van der Waals surface area (Å²) in [6, 6.07) is 0.640. The third kappa shape index (κ3) is 2.02. The summed E-state index contributed by atoms with van der Waals surface area (Å²) in [5.74, 6) is 0. The van der Waals surface area contributed by atoms with Crippen molar-refractivity contribution in [3.8, 4) is 10.7 Å². The first kappa shape index (κ1) is 11.4. The van der Waals surface area contributed by atoms with Gasteiger partial charge in [0.15, 0.2) is 5.01 Å². The van der Waals surface area contributed by atoms with Crippen LogP contribution in [-0.2, 0) is 0 Å². The lowest BCUT2D eigenvalue weighted by Gasteiger charge is -2.30. The average Bonchev–Trinajstić information content (AvgIpc) is 3.05. The van der Waals surface area contributed by atoms with Gasteiger partial charge in [0.05, 0.1) is 18.2 Å². The summed E-state index contributed by atoms with van der Waals surface area (Å²) in [5.41, 5.74) is 0.951. The van der Waals surface area contributed by atoms with Crippen LogP contribution in [0.25, 0.3) is 10.7 Å². The number of imidazole rings is 1. The standard InChI is InChI=1S/C12H16N6S/c1-3-17-4-2-9(1)18(6-5-17)12-16-15-11(19-12)10-7-13-8-14-10/h7-9H,1-6H2,(H,13,14). The summed E-state index contributed by atoms with van der Waals surface area (Å²) >= 11 is 1.66. The van der Waals surface area contributed by atoms with Gasteiger partial charge < -0.3 is 14.8 Å². The van der Waals surface area contributed by atoms with E-state index in [1.54, 1.807) is 23.9 Å². The van der Waals surface area contributed by atoms with E-state index in [0.29, 0.717) is 6.04 Å². The Labute approximate surface area is 115 Å². The van der Waals surface area contributed by atoms with E-state index in [1.807, 2.05) is 0 Å². The van der Waals surface area contributed by atoms with Crippen LogP contribution in [0.5, 0.6) is 0 Å². The molecular formula is C12H16N6S. The number of piperidine rings is 1. The number of aromatic nitrogens is 4. The van der Waals surface area contributed by atoms with Crippen molar-refractivity contribution in [3.05, 3.63) is 12.5 Å². The number of rotatable bonds is 2. The molecule has 3 aliphatic rings. The fourth-order valence-electron chi connectivity index (χ4n) is 2.95. The molecule has 5 rings (SSSR count). The summed E-state index contributed by atoms with van der Waals surface area (Å²) in [6.45, 7) is 4.68. The van der Waals surface area contributed by atoms with E-state index in [-0.39, 0.29) is 0 Å². The van der Waals surface area contributed by atoms with Crippen LogP contribution >= 0.6 is 11.3 Å². The predicted octanol–water partition coefficient (Wildman–Crippen LogP) is 1.21. The van der Waals surface area contributed by atoms with Crippen LogP contribution in [0, 0.1) is 0 Å². The summed E-state index contributed by atoms with van der Waals surface area (Å²) in [5, 5.41) is 10.6. The van der Waals surface area contributed by atoms with Gasteiger partial charge in [0.1, 0.15) is 0 Å². The van der Waals surface area contributed by atoms with E-state index in [0.717, 1.165) is 28.9 Å². The summed E-state index contributed by atoms with van der Waals surface area (Å²) in [6.07, 6.45) is 5.97. The maximum atomic E-state index is 4.38. The molecule has 2 aromatic rings. The maximum absolute atomic E-state index is 4.38. The molecule has 0 aliphatic carbocycles. The molecule has 5 heterocycles. The van der Waals surface area contributed by atoms with E-state index in [4.69, 9.17) is 0 Å². The van der Waals surface area contributed by atoms with Crippen LogP contribution in [-0.4, -0.2) is 57.3 Å². The topological polar surface area (TPSA) is 60.9 Å². The van der Waals surface area contributed by atoms with Crippen molar-refractivity contribution in [2.45, 2.75) is 18.9 Å². The van der Waals surface area contributed by atoms with Gasteiger partial charge >= 0.3 is 0 Å². The molecule has 100 valence electrons. The van der Waals surface area contributed by atoms with Crippen LogP contribution in [0.15, 0.2) is 12.5 Å². The molecule has 0 radical (unpaired) electrons. The minimum absolute atomic E-state index is 0.640. The quantitative estimate of drug-likeness (QED) is 0.893. The van der Waals surface area contributed by atoms with Crippen LogP contribution in [0.4, 0.5) is 5.13 Å². The summed E-state index contributed by atoms with van der Waals surface area (Å²) < 4.78 is 0. The highest BCUT2D eigenvalue weighted by Gasteiger charge is 2.30. The van der Waals surface area contributed by atoms with Crippen LogP contribution < -0.4 is 4.90 Å².